The lowest BCUT2D eigenvalue weighted by atomic mass is 10.0. The summed E-state index contributed by atoms with van der Waals surface area (Å²) in [5, 5.41) is 3.80. The summed E-state index contributed by atoms with van der Waals surface area (Å²) >= 11 is 0. The summed E-state index contributed by atoms with van der Waals surface area (Å²) in [7, 11) is 0. The average molecular weight is 387 g/mol. The van der Waals surface area contributed by atoms with E-state index in [1.165, 1.54) is 12.1 Å². The van der Waals surface area contributed by atoms with Crippen molar-refractivity contribution < 1.29 is 18.0 Å². The van der Waals surface area contributed by atoms with Crippen LogP contribution in [-0.2, 0) is 19.1 Å². The Hall–Kier alpha value is -2.96. The summed E-state index contributed by atoms with van der Waals surface area (Å²) < 4.78 is 39.8. The number of nitrogens with zero attached hydrogens (tertiary/aromatic N) is 1. The van der Waals surface area contributed by atoms with E-state index in [0.29, 0.717) is 19.5 Å². The molecule has 0 spiro atoms. The van der Waals surface area contributed by atoms with Crippen LogP contribution in [0.1, 0.15) is 35.3 Å². The molecule has 2 N–H and O–H groups in total. The van der Waals surface area contributed by atoms with E-state index >= 15 is 0 Å². The van der Waals surface area contributed by atoms with Crippen LogP contribution in [0.15, 0.2) is 48.5 Å². The fourth-order valence-electron chi connectivity index (χ4n) is 3.83. The fraction of sp³-hybridized carbons (Fsp3) is 0.286. The second-order valence-corrected chi connectivity index (χ2v) is 7.06. The van der Waals surface area contributed by atoms with Crippen molar-refractivity contribution in [1.29, 1.82) is 0 Å². The molecule has 1 atom stereocenters. The molecule has 0 fully saturated rings. The van der Waals surface area contributed by atoms with Crippen molar-refractivity contribution >= 4 is 16.9 Å². The number of fused-ring (bicyclic) bond motifs is 3. The maximum Gasteiger partial charge on any atom is 0.416 e. The van der Waals surface area contributed by atoms with Gasteiger partial charge >= 0.3 is 12.2 Å². The Balaban J connectivity index is 1.52. The number of halogens is 3. The van der Waals surface area contributed by atoms with E-state index in [4.69, 9.17) is 0 Å². The highest BCUT2D eigenvalue weighted by atomic mass is 19.4. The maximum absolute atomic E-state index is 13.3. The number of nitrogens with one attached hydrogen (secondary N) is 2. The van der Waals surface area contributed by atoms with E-state index < -0.39 is 17.8 Å². The monoisotopic (exact) mass is 387 g/mol. The van der Waals surface area contributed by atoms with E-state index in [0.717, 1.165) is 28.2 Å². The van der Waals surface area contributed by atoms with E-state index in [1.807, 2.05) is 24.3 Å². The number of benzene rings is 2. The van der Waals surface area contributed by atoms with Gasteiger partial charge in [-0.05, 0) is 24.6 Å². The lowest BCUT2D eigenvalue weighted by Gasteiger charge is -2.29. The zero-order valence-electron chi connectivity index (χ0n) is 15.3. The lowest BCUT2D eigenvalue weighted by Crippen LogP contribution is -2.43. The largest absolute Gasteiger partial charge is 0.416 e. The van der Waals surface area contributed by atoms with E-state index in [1.54, 1.807) is 17.9 Å². The van der Waals surface area contributed by atoms with Crippen LogP contribution in [0.5, 0.6) is 0 Å². The van der Waals surface area contributed by atoms with Gasteiger partial charge in [0.25, 0.3) is 0 Å². The molecule has 3 aromatic rings. The summed E-state index contributed by atoms with van der Waals surface area (Å²) in [5.74, 6) is 0. The third-order valence-electron chi connectivity index (χ3n) is 5.24. The van der Waals surface area contributed by atoms with Crippen molar-refractivity contribution in [3.8, 4) is 0 Å². The molecular weight excluding hydrogens is 367 g/mol. The van der Waals surface area contributed by atoms with Gasteiger partial charge in [0.2, 0.25) is 0 Å². The molecule has 0 radical (unpaired) electrons. The summed E-state index contributed by atoms with van der Waals surface area (Å²) in [5.41, 5.74) is 2.55. The molecule has 2 aromatic carbocycles. The SMILES string of the molecule is C[C@@H](NC(=O)N1CCc2[nH]c3ccccc3c2C1)c1ccccc1C(F)(F)F. The molecule has 1 aliphatic heterocycles. The van der Waals surface area contributed by atoms with Crippen LogP contribution in [0.2, 0.25) is 0 Å². The van der Waals surface area contributed by atoms with E-state index in [9.17, 15) is 18.0 Å². The number of aromatic nitrogens is 1. The van der Waals surface area contributed by atoms with Gasteiger partial charge in [0, 0.05) is 41.7 Å². The number of amides is 2. The van der Waals surface area contributed by atoms with Gasteiger partial charge in [0.15, 0.2) is 0 Å². The zero-order valence-corrected chi connectivity index (χ0v) is 15.3. The first-order chi connectivity index (χ1) is 13.3. The van der Waals surface area contributed by atoms with Gasteiger partial charge in [-0.3, -0.25) is 0 Å². The Morgan fingerprint density at radius 1 is 1.14 bits per heavy atom. The molecule has 0 aliphatic carbocycles. The molecule has 1 aromatic heterocycles. The predicted molar refractivity (Wildman–Crippen MR) is 101 cm³/mol. The molecule has 4 nitrogen and oxygen atoms in total. The van der Waals surface area contributed by atoms with Crippen molar-refractivity contribution in [2.24, 2.45) is 0 Å². The Kier molecular flexibility index (Phi) is 4.53. The minimum absolute atomic E-state index is 0.0631. The smallest absolute Gasteiger partial charge is 0.358 e. The maximum atomic E-state index is 13.3. The van der Waals surface area contributed by atoms with Gasteiger partial charge < -0.3 is 15.2 Å². The van der Waals surface area contributed by atoms with Crippen LogP contribution < -0.4 is 5.32 Å². The van der Waals surface area contributed by atoms with Gasteiger partial charge in [-0.25, -0.2) is 4.79 Å². The Labute approximate surface area is 160 Å². The van der Waals surface area contributed by atoms with Gasteiger partial charge in [0.1, 0.15) is 0 Å². The van der Waals surface area contributed by atoms with Crippen LogP contribution in [-0.4, -0.2) is 22.5 Å². The van der Waals surface area contributed by atoms with E-state index in [2.05, 4.69) is 10.3 Å². The van der Waals surface area contributed by atoms with Crippen molar-refractivity contribution in [3.05, 3.63) is 70.9 Å². The standard InChI is InChI=1S/C21H20F3N3O/c1-13(14-6-2-4-8-17(14)21(22,23)24)25-20(28)27-11-10-19-16(12-27)15-7-3-5-9-18(15)26-19/h2-9,13,26H,10-12H2,1H3,(H,25,28)/t13-/m1/s1. The molecule has 146 valence electrons. The quantitative estimate of drug-likeness (QED) is 0.638. The minimum Gasteiger partial charge on any atom is -0.358 e. The van der Waals surface area contributed by atoms with Crippen molar-refractivity contribution in [1.82, 2.24) is 15.2 Å². The number of carbonyl (C=O) groups is 1. The van der Waals surface area contributed by atoms with Crippen LogP contribution in [0.3, 0.4) is 0 Å². The first-order valence-corrected chi connectivity index (χ1v) is 9.14. The predicted octanol–water partition coefficient (Wildman–Crippen LogP) is 5.02. The molecule has 0 saturated heterocycles. The number of hydrogen-bond acceptors (Lipinski definition) is 1. The third kappa shape index (κ3) is 3.32. The number of carbonyl (C=O) groups excluding carboxylic acids is 1. The van der Waals surface area contributed by atoms with Crippen LogP contribution in [0.4, 0.5) is 18.0 Å². The summed E-state index contributed by atoms with van der Waals surface area (Å²) in [6.45, 7) is 2.52. The molecule has 2 heterocycles. The van der Waals surface area contributed by atoms with Crippen molar-refractivity contribution in [3.63, 3.8) is 0 Å². The summed E-state index contributed by atoms with van der Waals surface area (Å²) in [6, 6.07) is 12.1. The summed E-state index contributed by atoms with van der Waals surface area (Å²) in [4.78, 5) is 17.8. The fourth-order valence-corrected chi connectivity index (χ4v) is 3.83. The van der Waals surface area contributed by atoms with Gasteiger partial charge in [-0.1, -0.05) is 36.4 Å². The third-order valence-corrected chi connectivity index (χ3v) is 5.24. The first-order valence-electron chi connectivity index (χ1n) is 9.14. The molecule has 2 amide bonds. The normalized spacial score (nSPS) is 15.4. The Morgan fingerprint density at radius 3 is 2.64 bits per heavy atom. The number of urea groups is 1. The van der Waals surface area contributed by atoms with Crippen LogP contribution in [0.25, 0.3) is 10.9 Å². The van der Waals surface area contributed by atoms with Crippen molar-refractivity contribution in [2.45, 2.75) is 32.1 Å². The second kappa shape index (κ2) is 6.89. The van der Waals surface area contributed by atoms with Gasteiger partial charge in [-0.15, -0.1) is 0 Å². The number of rotatable bonds is 2. The molecule has 28 heavy (non-hydrogen) atoms. The molecular formula is C21H20F3N3O. The van der Waals surface area contributed by atoms with Crippen molar-refractivity contribution in [2.75, 3.05) is 6.54 Å². The average Bonchev–Trinajstić information content (AvgIpc) is 3.05. The molecule has 0 bridgehead atoms. The molecule has 1 aliphatic rings. The number of aromatic amines is 1. The number of alkyl halides is 3. The van der Waals surface area contributed by atoms with Crippen LogP contribution >= 0.6 is 0 Å². The van der Waals surface area contributed by atoms with Crippen LogP contribution in [0, 0.1) is 0 Å². The topological polar surface area (TPSA) is 48.1 Å². The number of para-hydroxylation sites is 1. The Bertz CT molecular complexity index is 1030. The summed E-state index contributed by atoms with van der Waals surface area (Å²) in [6.07, 6.45) is -3.77. The number of hydrogen-bond donors (Lipinski definition) is 2. The second-order valence-electron chi connectivity index (χ2n) is 7.06. The lowest BCUT2D eigenvalue weighted by molar-refractivity contribution is -0.138. The first kappa shape index (κ1) is 18.4. The number of H-pyrrole nitrogens is 1. The molecule has 4 rings (SSSR count). The molecule has 0 unspecified atom stereocenters. The van der Waals surface area contributed by atoms with E-state index in [-0.39, 0.29) is 11.6 Å². The highest BCUT2D eigenvalue weighted by molar-refractivity contribution is 5.85. The van der Waals surface area contributed by atoms with Gasteiger partial charge in [0.05, 0.1) is 11.6 Å². The van der Waals surface area contributed by atoms with Gasteiger partial charge in [-0.2, -0.15) is 13.2 Å². The zero-order chi connectivity index (χ0) is 19.9. The molecule has 7 heteroatoms. The molecule has 0 saturated carbocycles. The highest BCUT2D eigenvalue weighted by Gasteiger charge is 2.35. The Morgan fingerprint density at radius 2 is 1.86 bits per heavy atom. The highest BCUT2D eigenvalue weighted by Crippen LogP contribution is 2.34. The minimum atomic E-state index is -4.46.